The summed E-state index contributed by atoms with van der Waals surface area (Å²) in [6.45, 7) is 1.06. The minimum absolute atomic E-state index is 0.103. The van der Waals surface area contributed by atoms with Gasteiger partial charge >= 0.3 is 5.97 Å². The summed E-state index contributed by atoms with van der Waals surface area (Å²) in [6.07, 6.45) is -1.56. The average molecular weight is 238 g/mol. The van der Waals surface area contributed by atoms with Gasteiger partial charge < -0.3 is 14.6 Å². The van der Waals surface area contributed by atoms with Crippen molar-refractivity contribution in [2.24, 2.45) is 0 Å². The van der Waals surface area contributed by atoms with Crippen LogP contribution in [-0.2, 0) is 14.3 Å². The van der Waals surface area contributed by atoms with Gasteiger partial charge in [-0.25, -0.2) is 0 Å². The Kier molecular flexibility index (Phi) is 3.76. The first-order valence-electron chi connectivity index (χ1n) is 4.54. The van der Waals surface area contributed by atoms with E-state index in [9.17, 15) is 24.8 Å². The molecule has 0 aliphatic heterocycles. The smallest absolute Gasteiger partial charge is 0.303 e. The van der Waals surface area contributed by atoms with Crippen LogP contribution in [-0.4, -0.2) is 16.9 Å². The number of hydrogen-bond donors (Lipinski definition) is 0. The molecule has 1 unspecified atom stereocenters. The fourth-order valence-electron chi connectivity index (χ4n) is 1.19. The van der Waals surface area contributed by atoms with Crippen molar-refractivity contribution in [2.45, 2.75) is 13.0 Å². The van der Waals surface area contributed by atoms with Gasteiger partial charge in [-0.05, 0) is 17.7 Å². The Balaban J connectivity index is 2.99. The van der Waals surface area contributed by atoms with Crippen molar-refractivity contribution in [1.82, 2.24) is 0 Å². The quantitative estimate of drug-likeness (QED) is 0.413. The zero-order valence-corrected chi connectivity index (χ0v) is 8.78. The minimum Gasteiger partial charge on any atom is -0.546 e. The van der Waals surface area contributed by atoms with E-state index in [1.54, 1.807) is 0 Å². The number of esters is 1. The molecule has 0 aliphatic carbocycles. The molecule has 1 atom stereocenters. The number of rotatable bonds is 4. The number of carboxylic acids is 1. The molecular formula is C10H8NO6-. The van der Waals surface area contributed by atoms with Crippen LogP contribution in [0, 0.1) is 10.1 Å². The summed E-state index contributed by atoms with van der Waals surface area (Å²) in [4.78, 5) is 31.2. The second-order valence-corrected chi connectivity index (χ2v) is 3.16. The van der Waals surface area contributed by atoms with Crippen LogP contribution in [0.25, 0.3) is 0 Å². The highest BCUT2D eigenvalue weighted by Crippen LogP contribution is 2.20. The lowest BCUT2D eigenvalue weighted by Crippen LogP contribution is -2.32. The van der Waals surface area contributed by atoms with E-state index in [0.717, 1.165) is 19.1 Å². The van der Waals surface area contributed by atoms with Gasteiger partial charge in [-0.2, -0.15) is 0 Å². The number of nitrogens with zero attached hydrogens (tertiary/aromatic N) is 1. The molecular weight excluding hydrogens is 230 g/mol. The predicted molar refractivity (Wildman–Crippen MR) is 52.6 cm³/mol. The van der Waals surface area contributed by atoms with Crippen LogP contribution in [0.5, 0.6) is 0 Å². The molecule has 90 valence electrons. The molecule has 0 amide bonds. The van der Waals surface area contributed by atoms with Crippen LogP contribution in [0.15, 0.2) is 24.3 Å². The molecule has 1 aromatic carbocycles. The molecule has 17 heavy (non-hydrogen) atoms. The van der Waals surface area contributed by atoms with Crippen molar-refractivity contribution < 1.29 is 24.4 Å². The number of carboxylic acid groups (broad SMARTS) is 1. The molecule has 0 fully saturated rings. The monoisotopic (exact) mass is 238 g/mol. The number of non-ortho nitro benzene ring substituents is 1. The topological polar surface area (TPSA) is 110 Å². The largest absolute Gasteiger partial charge is 0.546 e. The number of nitro benzene ring substituents is 1. The third-order valence-electron chi connectivity index (χ3n) is 1.90. The van der Waals surface area contributed by atoms with Crippen molar-refractivity contribution in [1.29, 1.82) is 0 Å². The fraction of sp³-hybridized carbons (Fsp3) is 0.200. The average Bonchev–Trinajstić information content (AvgIpc) is 2.25. The van der Waals surface area contributed by atoms with E-state index in [0.29, 0.717) is 0 Å². The molecule has 0 bridgehead atoms. The third-order valence-corrected chi connectivity index (χ3v) is 1.90. The zero-order chi connectivity index (χ0) is 13.0. The first-order valence-corrected chi connectivity index (χ1v) is 4.54. The SMILES string of the molecule is CC(=O)OC(C(=O)[O-])c1ccc([N+](=O)[O-])cc1. The molecule has 0 N–H and O–H groups in total. The summed E-state index contributed by atoms with van der Waals surface area (Å²) >= 11 is 0. The maximum Gasteiger partial charge on any atom is 0.303 e. The molecule has 0 heterocycles. The number of carbonyl (C=O) groups excluding carboxylic acids is 2. The van der Waals surface area contributed by atoms with Gasteiger partial charge in [-0.3, -0.25) is 14.9 Å². The van der Waals surface area contributed by atoms with Crippen molar-refractivity contribution in [3.63, 3.8) is 0 Å². The number of aliphatic carboxylic acids is 1. The highest BCUT2D eigenvalue weighted by Gasteiger charge is 2.17. The lowest BCUT2D eigenvalue weighted by Gasteiger charge is -2.17. The van der Waals surface area contributed by atoms with Gasteiger partial charge in [0, 0.05) is 19.1 Å². The molecule has 7 heteroatoms. The number of carbonyl (C=O) groups is 2. The van der Waals surface area contributed by atoms with Crippen molar-refractivity contribution in [3.8, 4) is 0 Å². The summed E-state index contributed by atoms with van der Waals surface area (Å²) in [5, 5.41) is 21.1. The molecule has 0 saturated heterocycles. The van der Waals surface area contributed by atoms with Crippen LogP contribution in [0.3, 0.4) is 0 Å². The van der Waals surface area contributed by atoms with Gasteiger partial charge in [0.2, 0.25) is 0 Å². The summed E-state index contributed by atoms with van der Waals surface area (Å²) in [5.74, 6) is -2.37. The maximum atomic E-state index is 10.7. The molecule has 0 spiro atoms. The van der Waals surface area contributed by atoms with E-state index in [-0.39, 0.29) is 11.3 Å². The molecule has 0 saturated carbocycles. The van der Waals surface area contributed by atoms with Gasteiger partial charge in [0.25, 0.3) is 5.69 Å². The van der Waals surface area contributed by atoms with E-state index in [2.05, 4.69) is 4.74 Å². The Morgan fingerprint density at radius 2 is 1.82 bits per heavy atom. The first-order chi connectivity index (χ1) is 7.91. The minimum atomic E-state index is -1.59. The number of ether oxygens (including phenoxy) is 1. The summed E-state index contributed by atoms with van der Waals surface area (Å²) in [7, 11) is 0. The molecule has 7 nitrogen and oxygen atoms in total. The molecule has 0 radical (unpaired) electrons. The number of nitro groups is 1. The van der Waals surface area contributed by atoms with Crippen LogP contribution >= 0.6 is 0 Å². The van der Waals surface area contributed by atoms with Crippen LogP contribution in [0.1, 0.15) is 18.6 Å². The molecule has 0 aliphatic rings. The summed E-state index contributed by atoms with van der Waals surface area (Å²) < 4.78 is 4.53. The molecule has 1 aromatic rings. The summed E-state index contributed by atoms with van der Waals surface area (Å²) in [6, 6.07) is 4.63. The van der Waals surface area contributed by atoms with E-state index >= 15 is 0 Å². The predicted octanol–water partition coefficient (Wildman–Crippen LogP) is -0.0511. The second-order valence-electron chi connectivity index (χ2n) is 3.16. The normalized spacial score (nSPS) is 11.6. The van der Waals surface area contributed by atoms with E-state index < -0.39 is 23.0 Å². The third kappa shape index (κ3) is 3.26. The van der Waals surface area contributed by atoms with Crippen molar-refractivity contribution in [2.75, 3.05) is 0 Å². The van der Waals surface area contributed by atoms with Gasteiger partial charge in [-0.15, -0.1) is 0 Å². The van der Waals surface area contributed by atoms with E-state index in [1.165, 1.54) is 12.1 Å². The highest BCUT2D eigenvalue weighted by atomic mass is 16.6. The standard InChI is InChI=1S/C10H9NO6/c1-6(12)17-9(10(13)14)7-2-4-8(5-3-7)11(15)16/h2-5,9H,1H3,(H,13,14)/p-1. The summed E-state index contributed by atoms with van der Waals surface area (Å²) in [5.41, 5.74) is -0.0838. The van der Waals surface area contributed by atoms with Crippen LogP contribution in [0.4, 0.5) is 5.69 Å². The first kappa shape index (κ1) is 12.6. The highest BCUT2D eigenvalue weighted by molar-refractivity contribution is 5.77. The second kappa shape index (κ2) is 5.06. The van der Waals surface area contributed by atoms with Gasteiger partial charge in [0.05, 0.1) is 10.9 Å². The lowest BCUT2D eigenvalue weighted by molar-refractivity contribution is -0.384. The maximum absolute atomic E-state index is 10.7. The molecule has 0 aromatic heterocycles. The van der Waals surface area contributed by atoms with E-state index in [4.69, 9.17) is 0 Å². The van der Waals surface area contributed by atoms with E-state index in [1.807, 2.05) is 0 Å². The van der Waals surface area contributed by atoms with Gasteiger partial charge in [-0.1, -0.05) is 0 Å². The zero-order valence-electron chi connectivity index (χ0n) is 8.78. The Bertz CT molecular complexity index is 452. The van der Waals surface area contributed by atoms with Crippen molar-refractivity contribution in [3.05, 3.63) is 39.9 Å². The Morgan fingerprint density at radius 1 is 1.29 bits per heavy atom. The van der Waals surface area contributed by atoms with Crippen molar-refractivity contribution >= 4 is 17.6 Å². The van der Waals surface area contributed by atoms with Gasteiger partial charge in [0.1, 0.15) is 0 Å². The Morgan fingerprint density at radius 3 is 2.18 bits per heavy atom. The van der Waals surface area contributed by atoms with Gasteiger partial charge in [0.15, 0.2) is 6.10 Å². The van der Waals surface area contributed by atoms with Crippen LogP contribution < -0.4 is 5.11 Å². The number of hydrogen-bond acceptors (Lipinski definition) is 6. The Labute approximate surface area is 95.8 Å². The molecule has 1 rings (SSSR count). The lowest BCUT2D eigenvalue weighted by atomic mass is 10.1. The number of benzene rings is 1. The fourth-order valence-corrected chi connectivity index (χ4v) is 1.19. The Hall–Kier alpha value is -2.44. The van der Waals surface area contributed by atoms with Crippen LogP contribution in [0.2, 0.25) is 0 Å².